The summed E-state index contributed by atoms with van der Waals surface area (Å²) in [4.78, 5) is 0. The van der Waals surface area contributed by atoms with Crippen LogP contribution in [0.2, 0.25) is 10.0 Å². The first-order valence-electron chi connectivity index (χ1n) is 6.98. The monoisotopic (exact) mass is 323 g/mol. The van der Waals surface area contributed by atoms with E-state index in [0.717, 1.165) is 11.4 Å². The zero-order chi connectivity index (χ0) is 15.2. The van der Waals surface area contributed by atoms with Crippen LogP contribution in [-0.2, 0) is 0 Å². The second-order valence-electron chi connectivity index (χ2n) is 5.12. The van der Waals surface area contributed by atoms with Crippen LogP contribution < -0.4 is 10.1 Å². The molecule has 0 aromatic heterocycles. The Labute approximate surface area is 136 Å². The molecule has 112 valence electrons. The van der Waals surface area contributed by atoms with Crippen molar-refractivity contribution >= 4 is 28.9 Å². The fourth-order valence-electron chi connectivity index (χ4n) is 1.94. The summed E-state index contributed by atoms with van der Waals surface area (Å²) in [7, 11) is 0. The second-order valence-corrected chi connectivity index (χ2v) is 5.97. The predicted molar refractivity (Wildman–Crippen MR) is 91.0 cm³/mol. The van der Waals surface area contributed by atoms with Gasteiger partial charge in [0.2, 0.25) is 0 Å². The standard InChI is InChI=1S/C17H19Cl2NO/c1-12(2)13-3-6-15(7-4-13)21-10-9-20-17-8-5-14(18)11-16(17)19/h3-8,11-12,20H,9-10H2,1-2H3. The van der Waals surface area contributed by atoms with Crippen LogP contribution in [0.15, 0.2) is 42.5 Å². The molecule has 2 rings (SSSR count). The Hall–Kier alpha value is -1.38. The first kappa shape index (κ1) is 16.0. The fourth-order valence-corrected chi connectivity index (χ4v) is 2.41. The number of rotatable bonds is 6. The Morgan fingerprint density at radius 3 is 2.38 bits per heavy atom. The average molecular weight is 324 g/mol. The van der Waals surface area contributed by atoms with Crippen molar-refractivity contribution in [2.45, 2.75) is 19.8 Å². The molecule has 0 aliphatic carbocycles. The molecule has 2 aromatic rings. The van der Waals surface area contributed by atoms with Gasteiger partial charge in [0.05, 0.1) is 10.7 Å². The van der Waals surface area contributed by atoms with E-state index < -0.39 is 0 Å². The second kappa shape index (κ2) is 7.58. The number of benzene rings is 2. The molecule has 2 nitrogen and oxygen atoms in total. The molecule has 0 saturated heterocycles. The molecule has 0 saturated carbocycles. The van der Waals surface area contributed by atoms with E-state index in [2.05, 4.69) is 31.3 Å². The number of anilines is 1. The third-order valence-corrected chi connectivity index (χ3v) is 3.71. The van der Waals surface area contributed by atoms with Crippen molar-refractivity contribution in [3.8, 4) is 5.75 Å². The average Bonchev–Trinajstić information content (AvgIpc) is 2.46. The molecule has 0 atom stereocenters. The lowest BCUT2D eigenvalue weighted by atomic mass is 10.0. The minimum absolute atomic E-state index is 0.535. The van der Waals surface area contributed by atoms with Crippen molar-refractivity contribution in [1.82, 2.24) is 0 Å². The van der Waals surface area contributed by atoms with E-state index in [4.69, 9.17) is 27.9 Å². The molecule has 0 aliphatic heterocycles. The van der Waals surface area contributed by atoms with Crippen molar-refractivity contribution in [1.29, 1.82) is 0 Å². The Kier molecular flexibility index (Phi) is 5.77. The molecule has 4 heteroatoms. The zero-order valence-corrected chi connectivity index (χ0v) is 13.7. The van der Waals surface area contributed by atoms with Crippen LogP contribution in [0.5, 0.6) is 5.75 Å². The lowest BCUT2D eigenvalue weighted by molar-refractivity contribution is 0.333. The number of hydrogen-bond donors (Lipinski definition) is 1. The molecule has 0 amide bonds. The normalized spacial score (nSPS) is 10.7. The maximum absolute atomic E-state index is 6.08. The Bertz CT molecular complexity index is 582. The highest BCUT2D eigenvalue weighted by Gasteiger charge is 2.01. The first-order valence-corrected chi connectivity index (χ1v) is 7.73. The van der Waals surface area contributed by atoms with E-state index in [1.54, 1.807) is 12.1 Å². The van der Waals surface area contributed by atoms with Gasteiger partial charge in [0.15, 0.2) is 0 Å². The first-order chi connectivity index (χ1) is 10.1. The molecular formula is C17H19Cl2NO. The molecular weight excluding hydrogens is 305 g/mol. The van der Waals surface area contributed by atoms with Gasteiger partial charge in [-0.05, 0) is 41.8 Å². The van der Waals surface area contributed by atoms with Crippen molar-refractivity contribution in [3.05, 3.63) is 58.1 Å². The van der Waals surface area contributed by atoms with Gasteiger partial charge < -0.3 is 10.1 Å². The summed E-state index contributed by atoms with van der Waals surface area (Å²) < 4.78 is 5.69. The molecule has 21 heavy (non-hydrogen) atoms. The maximum Gasteiger partial charge on any atom is 0.119 e. The van der Waals surface area contributed by atoms with Crippen LogP contribution in [0.25, 0.3) is 0 Å². The van der Waals surface area contributed by atoms with E-state index >= 15 is 0 Å². The quantitative estimate of drug-likeness (QED) is 0.698. The molecule has 0 unspecified atom stereocenters. The lowest BCUT2D eigenvalue weighted by Gasteiger charge is -2.11. The van der Waals surface area contributed by atoms with E-state index in [1.165, 1.54) is 5.56 Å². The predicted octanol–water partition coefficient (Wildman–Crippen LogP) is 5.61. The van der Waals surface area contributed by atoms with Crippen LogP contribution in [0.1, 0.15) is 25.3 Å². The molecule has 0 bridgehead atoms. The van der Waals surface area contributed by atoms with Gasteiger partial charge in [0, 0.05) is 11.6 Å². The van der Waals surface area contributed by atoms with Crippen LogP contribution in [0, 0.1) is 0 Å². The highest BCUT2D eigenvalue weighted by molar-refractivity contribution is 6.36. The SMILES string of the molecule is CC(C)c1ccc(OCCNc2ccc(Cl)cc2Cl)cc1. The third-order valence-electron chi connectivity index (χ3n) is 3.16. The largest absolute Gasteiger partial charge is 0.492 e. The third kappa shape index (κ3) is 4.83. The van der Waals surface area contributed by atoms with Gasteiger partial charge in [-0.25, -0.2) is 0 Å². The summed E-state index contributed by atoms with van der Waals surface area (Å²) in [6, 6.07) is 13.6. The maximum atomic E-state index is 6.08. The summed E-state index contributed by atoms with van der Waals surface area (Å²) in [5, 5.41) is 4.47. The van der Waals surface area contributed by atoms with Gasteiger partial charge in [-0.2, -0.15) is 0 Å². The molecule has 0 heterocycles. The van der Waals surface area contributed by atoms with Crippen LogP contribution >= 0.6 is 23.2 Å². The van der Waals surface area contributed by atoms with Crippen molar-refractivity contribution < 1.29 is 4.74 Å². The van der Waals surface area contributed by atoms with E-state index in [9.17, 15) is 0 Å². The topological polar surface area (TPSA) is 21.3 Å². The van der Waals surface area contributed by atoms with Crippen molar-refractivity contribution in [2.75, 3.05) is 18.5 Å². The Morgan fingerprint density at radius 2 is 1.76 bits per heavy atom. The van der Waals surface area contributed by atoms with Gasteiger partial charge in [-0.15, -0.1) is 0 Å². The summed E-state index contributed by atoms with van der Waals surface area (Å²) in [6.45, 7) is 5.60. The number of ether oxygens (including phenoxy) is 1. The number of hydrogen-bond acceptors (Lipinski definition) is 2. The number of halogens is 2. The van der Waals surface area contributed by atoms with Crippen molar-refractivity contribution in [2.24, 2.45) is 0 Å². The van der Waals surface area contributed by atoms with Crippen LogP contribution in [0.3, 0.4) is 0 Å². The van der Waals surface area contributed by atoms with Gasteiger partial charge in [-0.3, -0.25) is 0 Å². The summed E-state index contributed by atoms with van der Waals surface area (Å²) in [6.07, 6.45) is 0. The van der Waals surface area contributed by atoms with E-state index in [-0.39, 0.29) is 0 Å². The highest BCUT2D eigenvalue weighted by Crippen LogP contribution is 2.25. The Morgan fingerprint density at radius 1 is 1.05 bits per heavy atom. The van der Waals surface area contributed by atoms with E-state index in [0.29, 0.717) is 29.1 Å². The van der Waals surface area contributed by atoms with Crippen LogP contribution in [-0.4, -0.2) is 13.2 Å². The molecule has 2 aromatic carbocycles. The van der Waals surface area contributed by atoms with E-state index in [1.807, 2.05) is 18.2 Å². The summed E-state index contributed by atoms with van der Waals surface area (Å²) in [5.74, 6) is 1.41. The highest BCUT2D eigenvalue weighted by atomic mass is 35.5. The van der Waals surface area contributed by atoms with Gasteiger partial charge in [0.1, 0.15) is 12.4 Å². The molecule has 0 fully saturated rings. The van der Waals surface area contributed by atoms with Crippen molar-refractivity contribution in [3.63, 3.8) is 0 Å². The molecule has 0 aliphatic rings. The molecule has 1 N–H and O–H groups in total. The smallest absolute Gasteiger partial charge is 0.119 e. The van der Waals surface area contributed by atoms with Gasteiger partial charge in [0.25, 0.3) is 0 Å². The number of nitrogens with one attached hydrogen (secondary N) is 1. The fraction of sp³-hybridized carbons (Fsp3) is 0.294. The minimum Gasteiger partial charge on any atom is -0.492 e. The lowest BCUT2D eigenvalue weighted by Crippen LogP contribution is -2.11. The van der Waals surface area contributed by atoms with Crippen LogP contribution in [0.4, 0.5) is 5.69 Å². The molecule has 0 spiro atoms. The van der Waals surface area contributed by atoms with Gasteiger partial charge >= 0.3 is 0 Å². The molecule has 0 radical (unpaired) electrons. The zero-order valence-electron chi connectivity index (χ0n) is 12.2. The summed E-state index contributed by atoms with van der Waals surface area (Å²) in [5.41, 5.74) is 2.17. The summed E-state index contributed by atoms with van der Waals surface area (Å²) >= 11 is 11.9. The van der Waals surface area contributed by atoms with Gasteiger partial charge in [-0.1, -0.05) is 49.2 Å². The minimum atomic E-state index is 0.535. The Balaban J connectivity index is 1.79.